The number of nitrogens with zero attached hydrogens (tertiary/aromatic N) is 3. The van der Waals surface area contributed by atoms with Crippen LogP contribution in [0.25, 0.3) is 11.3 Å². The van der Waals surface area contributed by atoms with Crippen LogP contribution in [0.3, 0.4) is 0 Å². The quantitative estimate of drug-likeness (QED) is 0.320. The third-order valence-electron chi connectivity index (χ3n) is 7.81. The van der Waals surface area contributed by atoms with E-state index in [0.717, 1.165) is 12.1 Å². The SMILES string of the molecule is CCc1c(F)cccc1Nc1c(-c2ccncc2OC[C@]2(C)CCN2C(=O)/C=C/CN(C)C)[nH]c2c1C(=O)NCC2. The van der Waals surface area contributed by atoms with Crippen molar-refractivity contribution in [3.8, 4) is 17.0 Å². The van der Waals surface area contributed by atoms with E-state index >= 15 is 0 Å². The average molecular weight is 561 g/mol. The molecular formula is C31H37FN6O3. The maximum absolute atomic E-state index is 14.6. The number of anilines is 2. The zero-order valence-corrected chi connectivity index (χ0v) is 24.0. The summed E-state index contributed by atoms with van der Waals surface area (Å²) in [6.07, 6.45) is 8.74. The van der Waals surface area contributed by atoms with Crippen molar-refractivity contribution in [1.82, 2.24) is 25.1 Å². The normalized spacial score (nSPS) is 18.3. The second kappa shape index (κ2) is 11.7. The Morgan fingerprint density at radius 3 is 2.88 bits per heavy atom. The zero-order chi connectivity index (χ0) is 29.1. The van der Waals surface area contributed by atoms with E-state index < -0.39 is 5.54 Å². The Bertz CT molecular complexity index is 1480. The molecule has 0 saturated carbocycles. The third kappa shape index (κ3) is 5.69. The molecule has 0 bridgehead atoms. The van der Waals surface area contributed by atoms with Crippen molar-refractivity contribution in [2.75, 3.05) is 45.7 Å². The summed E-state index contributed by atoms with van der Waals surface area (Å²) in [5.74, 6) is -0.00826. The number of carbonyl (C=O) groups is 2. The summed E-state index contributed by atoms with van der Waals surface area (Å²) in [5, 5.41) is 6.29. The predicted octanol–water partition coefficient (Wildman–Crippen LogP) is 4.30. The first-order valence-electron chi connectivity index (χ1n) is 14.0. The Morgan fingerprint density at radius 2 is 2.15 bits per heavy atom. The van der Waals surface area contributed by atoms with Crippen LogP contribution >= 0.6 is 0 Å². The van der Waals surface area contributed by atoms with Gasteiger partial charge in [0.05, 0.1) is 28.7 Å². The molecule has 4 heterocycles. The maximum Gasteiger partial charge on any atom is 0.255 e. The van der Waals surface area contributed by atoms with Crippen LogP contribution in [0, 0.1) is 5.82 Å². The lowest BCUT2D eigenvalue weighted by atomic mass is 9.87. The van der Waals surface area contributed by atoms with Crippen molar-refractivity contribution in [3.05, 3.63) is 71.4 Å². The second-order valence-electron chi connectivity index (χ2n) is 11.0. The molecule has 2 amide bonds. The van der Waals surface area contributed by atoms with E-state index in [4.69, 9.17) is 4.74 Å². The highest BCUT2D eigenvalue weighted by atomic mass is 19.1. The first kappa shape index (κ1) is 28.4. The minimum Gasteiger partial charge on any atom is -0.489 e. The predicted molar refractivity (Wildman–Crippen MR) is 157 cm³/mol. The van der Waals surface area contributed by atoms with Gasteiger partial charge in [-0.2, -0.15) is 0 Å². The molecule has 0 spiro atoms. The molecule has 2 aromatic heterocycles. The van der Waals surface area contributed by atoms with Gasteiger partial charge in [0.1, 0.15) is 18.2 Å². The first-order valence-corrected chi connectivity index (χ1v) is 14.0. The van der Waals surface area contributed by atoms with Crippen LogP contribution in [0.5, 0.6) is 5.75 Å². The molecule has 9 nitrogen and oxygen atoms in total. The maximum atomic E-state index is 14.6. The monoisotopic (exact) mass is 560 g/mol. The van der Waals surface area contributed by atoms with Gasteiger partial charge < -0.3 is 30.2 Å². The van der Waals surface area contributed by atoms with Gasteiger partial charge in [0.15, 0.2) is 0 Å². The van der Waals surface area contributed by atoms with E-state index in [0.29, 0.717) is 72.0 Å². The van der Waals surface area contributed by atoms with Gasteiger partial charge in [-0.25, -0.2) is 4.39 Å². The van der Waals surface area contributed by atoms with E-state index in [1.165, 1.54) is 6.07 Å². The lowest BCUT2D eigenvalue weighted by Crippen LogP contribution is -2.62. The second-order valence-corrected chi connectivity index (χ2v) is 11.0. The largest absolute Gasteiger partial charge is 0.489 e. The summed E-state index contributed by atoms with van der Waals surface area (Å²) in [6, 6.07) is 6.73. The lowest BCUT2D eigenvalue weighted by molar-refractivity contribution is -0.143. The molecule has 1 aromatic carbocycles. The number of likely N-dealkylation sites (tertiary alicyclic amines) is 1. The molecule has 216 valence electrons. The summed E-state index contributed by atoms with van der Waals surface area (Å²) < 4.78 is 21.0. The number of halogens is 1. The number of fused-ring (bicyclic) bond motifs is 1. The molecule has 0 radical (unpaired) electrons. The number of aromatic nitrogens is 2. The lowest BCUT2D eigenvalue weighted by Gasteiger charge is -2.49. The number of amides is 2. The Balaban J connectivity index is 1.45. The number of hydrogen-bond donors (Lipinski definition) is 3. The van der Waals surface area contributed by atoms with Crippen molar-refractivity contribution < 1.29 is 18.7 Å². The molecule has 10 heteroatoms. The highest BCUT2D eigenvalue weighted by Gasteiger charge is 2.43. The number of H-pyrrole nitrogens is 1. The van der Waals surface area contributed by atoms with Gasteiger partial charge in [-0.05, 0) is 52.1 Å². The molecule has 1 saturated heterocycles. The summed E-state index contributed by atoms with van der Waals surface area (Å²) >= 11 is 0. The number of rotatable bonds is 10. The van der Waals surface area contributed by atoms with Crippen molar-refractivity contribution in [3.63, 3.8) is 0 Å². The van der Waals surface area contributed by atoms with E-state index in [1.807, 2.05) is 56.0 Å². The molecular weight excluding hydrogens is 523 g/mol. The number of hydrogen-bond acceptors (Lipinski definition) is 6. The summed E-state index contributed by atoms with van der Waals surface area (Å²) in [6.45, 7) is 6.08. The van der Waals surface area contributed by atoms with Gasteiger partial charge in [0.25, 0.3) is 5.91 Å². The number of likely N-dealkylation sites (N-methyl/N-ethyl adjacent to an activating group) is 1. The number of ether oxygens (including phenoxy) is 1. The van der Waals surface area contributed by atoms with Gasteiger partial charge in [0.2, 0.25) is 5.91 Å². The molecule has 0 unspecified atom stereocenters. The minimum atomic E-state index is -0.458. The minimum absolute atomic E-state index is 0.0352. The molecule has 2 aliphatic heterocycles. The first-order chi connectivity index (χ1) is 19.7. The van der Waals surface area contributed by atoms with Crippen molar-refractivity contribution in [2.24, 2.45) is 0 Å². The average Bonchev–Trinajstić information content (AvgIpc) is 3.30. The van der Waals surface area contributed by atoms with Crippen molar-refractivity contribution in [2.45, 2.75) is 38.6 Å². The topological polar surface area (TPSA) is 103 Å². The molecule has 2 aliphatic rings. The molecule has 5 rings (SSSR count). The smallest absolute Gasteiger partial charge is 0.255 e. The highest BCUT2D eigenvalue weighted by Crippen LogP contribution is 2.41. The number of benzene rings is 1. The molecule has 1 atom stereocenters. The fourth-order valence-corrected chi connectivity index (χ4v) is 5.40. The van der Waals surface area contributed by atoms with Crippen LogP contribution in [0.4, 0.5) is 15.8 Å². The summed E-state index contributed by atoms with van der Waals surface area (Å²) in [5.41, 5.74) is 3.93. The number of carbonyl (C=O) groups excluding carboxylic acids is 2. The fraction of sp³-hybridized carbons (Fsp3) is 0.387. The van der Waals surface area contributed by atoms with E-state index in [1.54, 1.807) is 24.5 Å². The summed E-state index contributed by atoms with van der Waals surface area (Å²) in [7, 11) is 3.91. The van der Waals surface area contributed by atoms with Gasteiger partial charge >= 0.3 is 0 Å². The molecule has 0 aliphatic carbocycles. The Morgan fingerprint density at radius 1 is 1.32 bits per heavy atom. The molecule has 3 aromatic rings. The molecule has 41 heavy (non-hydrogen) atoms. The van der Waals surface area contributed by atoms with Gasteiger partial charge in [-0.15, -0.1) is 0 Å². The third-order valence-corrected chi connectivity index (χ3v) is 7.81. The molecule has 3 N–H and O–H groups in total. The van der Waals surface area contributed by atoms with E-state index in [-0.39, 0.29) is 24.2 Å². The fourth-order valence-electron chi connectivity index (χ4n) is 5.40. The standard InChI is InChI=1S/C31H37FN6O3/c1-5-20-22(32)8-6-9-23(20)35-29-27-24(12-15-34-30(27)40)36-28(29)21-11-14-33-18-25(21)41-19-31(2)13-17-38(31)26(39)10-7-16-37(3)4/h6-11,14,18,35-36H,5,12-13,15-17,19H2,1-4H3,(H,34,40)/b10-7+/t31-/m0/s1. The number of aromatic amines is 1. The zero-order valence-electron chi connectivity index (χ0n) is 24.0. The highest BCUT2D eigenvalue weighted by molar-refractivity contribution is 6.06. The molecule has 1 fully saturated rings. The van der Waals surface area contributed by atoms with Crippen LogP contribution in [-0.2, 0) is 17.6 Å². The summed E-state index contributed by atoms with van der Waals surface area (Å²) in [4.78, 5) is 37.4. The van der Waals surface area contributed by atoms with Crippen LogP contribution in [-0.4, -0.2) is 77.5 Å². The van der Waals surface area contributed by atoms with E-state index in [2.05, 4.69) is 20.6 Å². The van der Waals surface area contributed by atoms with Crippen molar-refractivity contribution in [1.29, 1.82) is 0 Å². The van der Waals surface area contributed by atoms with Crippen molar-refractivity contribution >= 4 is 23.2 Å². The van der Waals surface area contributed by atoms with Gasteiger partial charge in [-0.3, -0.25) is 14.6 Å². The van der Waals surface area contributed by atoms with Gasteiger partial charge in [-0.1, -0.05) is 19.1 Å². The van der Waals surface area contributed by atoms with E-state index in [9.17, 15) is 14.0 Å². The van der Waals surface area contributed by atoms with Crippen LogP contribution < -0.4 is 15.4 Å². The van der Waals surface area contributed by atoms with Crippen LogP contribution in [0.15, 0.2) is 48.8 Å². The Labute approximate surface area is 239 Å². The Hall–Kier alpha value is -4.18. The number of nitrogens with one attached hydrogen (secondary N) is 3. The van der Waals surface area contributed by atoms with Crippen LogP contribution in [0.2, 0.25) is 0 Å². The van der Waals surface area contributed by atoms with Crippen LogP contribution in [0.1, 0.15) is 41.9 Å². The Kier molecular flexibility index (Phi) is 8.12. The number of pyridine rings is 1. The van der Waals surface area contributed by atoms with Gasteiger partial charge in [0, 0.05) is 60.8 Å².